The van der Waals surface area contributed by atoms with E-state index in [1.54, 1.807) is 18.2 Å². The first-order chi connectivity index (χ1) is 9.99. The molecule has 4 nitrogen and oxygen atoms in total. The van der Waals surface area contributed by atoms with Crippen molar-refractivity contribution >= 4 is 27.5 Å². The zero-order valence-corrected chi connectivity index (χ0v) is 12.9. The molecule has 0 heterocycles. The summed E-state index contributed by atoms with van der Waals surface area (Å²) in [4.78, 5) is 11.8. The van der Waals surface area contributed by atoms with Crippen molar-refractivity contribution in [1.82, 2.24) is 5.32 Å². The molecule has 2 rings (SSSR count). The number of halogens is 2. The molecule has 0 unspecified atom stereocenters. The fourth-order valence-corrected chi connectivity index (χ4v) is 2.19. The van der Waals surface area contributed by atoms with Crippen molar-refractivity contribution in [2.24, 2.45) is 0 Å². The van der Waals surface area contributed by atoms with Gasteiger partial charge in [0.25, 0.3) is 5.91 Å². The molecule has 110 valence electrons. The number of carbonyl (C=O) groups is 1. The summed E-state index contributed by atoms with van der Waals surface area (Å²) >= 11 is 3.19. The molecule has 2 aromatic carbocycles. The number of benzene rings is 2. The molecule has 21 heavy (non-hydrogen) atoms. The number of amides is 1. The van der Waals surface area contributed by atoms with Crippen LogP contribution >= 0.6 is 15.9 Å². The molecule has 0 radical (unpaired) electrons. The van der Waals surface area contributed by atoms with Crippen molar-refractivity contribution in [1.29, 1.82) is 0 Å². The predicted octanol–water partition coefficient (Wildman–Crippen LogP) is 3.71. The Kier molecular flexibility index (Phi) is 4.80. The van der Waals surface area contributed by atoms with Gasteiger partial charge in [0, 0.05) is 22.6 Å². The minimum absolute atomic E-state index is 0.220. The fourth-order valence-electron chi connectivity index (χ4n) is 1.74. The monoisotopic (exact) mass is 352 g/mol. The molecule has 0 saturated carbocycles. The SMILES string of the molecule is CCNC(=O)c1ccc(N)c(Oc2cc(F)cc(Br)c2)c1. The van der Waals surface area contributed by atoms with Gasteiger partial charge in [0.05, 0.1) is 5.69 Å². The number of rotatable bonds is 4. The van der Waals surface area contributed by atoms with Crippen molar-refractivity contribution in [2.75, 3.05) is 12.3 Å². The first-order valence-corrected chi connectivity index (χ1v) is 7.10. The Morgan fingerprint density at radius 2 is 2.10 bits per heavy atom. The summed E-state index contributed by atoms with van der Waals surface area (Å²) in [6.45, 7) is 2.35. The van der Waals surface area contributed by atoms with Crippen molar-refractivity contribution in [3.05, 3.63) is 52.3 Å². The van der Waals surface area contributed by atoms with Gasteiger partial charge in [-0.25, -0.2) is 4.39 Å². The van der Waals surface area contributed by atoms with Gasteiger partial charge in [-0.05, 0) is 37.3 Å². The number of nitrogens with two attached hydrogens (primary N) is 1. The number of hydrogen-bond acceptors (Lipinski definition) is 3. The number of nitrogen functional groups attached to an aromatic ring is 1. The molecule has 0 aliphatic rings. The van der Waals surface area contributed by atoms with E-state index >= 15 is 0 Å². The molecule has 1 amide bonds. The molecule has 0 atom stereocenters. The van der Waals surface area contributed by atoms with Crippen LogP contribution in [-0.4, -0.2) is 12.5 Å². The van der Waals surface area contributed by atoms with Gasteiger partial charge >= 0.3 is 0 Å². The van der Waals surface area contributed by atoms with Crippen LogP contribution in [0.5, 0.6) is 11.5 Å². The summed E-state index contributed by atoms with van der Waals surface area (Å²) in [5, 5.41) is 2.69. The second kappa shape index (κ2) is 6.58. The second-order valence-electron chi connectivity index (χ2n) is 4.32. The summed E-state index contributed by atoms with van der Waals surface area (Å²) in [5.41, 5.74) is 6.62. The van der Waals surface area contributed by atoms with Crippen LogP contribution in [0.2, 0.25) is 0 Å². The molecule has 0 fully saturated rings. The average Bonchev–Trinajstić information content (AvgIpc) is 2.40. The predicted molar refractivity (Wildman–Crippen MR) is 83.0 cm³/mol. The number of ether oxygens (including phenoxy) is 1. The van der Waals surface area contributed by atoms with Gasteiger partial charge in [0.15, 0.2) is 5.75 Å². The van der Waals surface area contributed by atoms with Gasteiger partial charge < -0.3 is 15.8 Å². The van der Waals surface area contributed by atoms with E-state index < -0.39 is 5.82 Å². The van der Waals surface area contributed by atoms with Gasteiger partial charge in [0.1, 0.15) is 11.6 Å². The third-order valence-electron chi connectivity index (χ3n) is 2.68. The molecule has 0 spiro atoms. The second-order valence-corrected chi connectivity index (χ2v) is 5.23. The Balaban J connectivity index is 2.30. The van der Waals surface area contributed by atoms with Crippen molar-refractivity contribution in [3.8, 4) is 11.5 Å². The number of anilines is 1. The average molecular weight is 353 g/mol. The fraction of sp³-hybridized carbons (Fsp3) is 0.133. The van der Waals surface area contributed by atoms with Crippen molar-refractivity contribution in [3.63, 3.8) is 0 Å². The van der Waals surface area contributed by atoms with Gasteiger partial charge in [0.2, 0.25) is 0 Å². The zero-order chi connectivity index (χ0) is 15.4. The van der Waals surface area contributed by atoms with Crippen LogP contribution in [0.1, 0.15) is 17.3 Å². The van der Waals surface area contributed by atoms with E-state index in [0.29, 0.717) is 33.8 Å². The lowest BCUT2D eigenvalue weighted by Gasteiger charge is -2.11. The maximum absolute atomic E-state index is 13.3. The molecule has 0 aromatic heterocycles. The molecule has 2 aromatic rings. The standard InChI is InChI=1S/C15H14BrFN2O2/c1-2-19-15(20)9-3-4-13(18)14(5-9)21-12-7-10(16)6-11(17)8-12/h3-8H,2,18H2,1H3,(H,19,20). The Bertz CT molecular complexity index is 656. The largest absolute Gasteiger partial charge is 0.455 e. The lowest BCUT2D eigenvalue weighted by Crippen LogP contribution is -2.22. The van der Waals surface area contributed by atoms with Crippen LogP contribution in [0.25, 0.3) is 0 Å². The van der Waals surface area contributed by atoms with Crippen LogP contribution < -0.4 is 15.8 Å². The summed E-state index contributed by atoms with van der Waals surface area (Å²) in [5.74, 6) is -0.0570. The third-order valence-corrected chi connectivity index (χ3v) is 3.13. The molecule has 3 N–H and O–H groups in total. The minimum Gasteiger partial charge on any atom is -0.455 e. The zero-order valence-electron chi connectivity index (χ0n) is 11.3. The Morgan fingerprint density at radius 1 is 1.33 bits per heavy atom. The molecule has 0 aliphatic heterocycles. The van der Waals surface area contributed by atoms with E-state index in [9.17, 15) is 9.18 Å². The Labute approximate surface area is 130 Å². The van der Waals surface area contributed by atoms with Crippen molar-refractivity contribution < 1.29 is 13.9 Å². The minimum atomic E-state index is -0.433. The van der Waals surface area contributed by atoms with Gasteiger partial charge in [-0.2, -0.15) is 0 Å². The summed E-state index contributed by atoms with van der Waals surface area (Å²) < 4.78 is 19.5. The highest BCUT2D eigenvalue weighted by Crippen LogP contribution is 2.30. The molecule has 0 bridgehead atoms. The van der Waals surface area contributed by atoms with E-state index in [2.05, 4.69) is 21.2 Å². The highest BCUT2D eigenvalue weighted by Gasteiger charge is 2.10. The quantitative estimate of drug-likeness (QED) is 0.824. The summed E-state index contributed by atoms with van der Waals surface area (Å²) in [6.07, 6.45) is 0. The maximum Gasteiger partial charge on any atom is 0.251 e. The molecular weight excluding hydrogens is 339 g/mol. The van der Waals surface area contributed by atoms with E-state index in [4.69, 9.17) is 10.5 Å². The first-order valence-electron chi connectivity index (χ1n) is 6.31. The molecule has 0 aliphatic carbocycles. The summed E-state index contributed by atoms with van der Waals surface area (Å²) in [7, 11) is 0. The molecule has 6 heteroatoms. The van der Waals surface area contributed by atoms with Gasteiger partial charge in [-0.3, -0.25) is 4.79 Å². The molecule has 0 saturated heterocycles. The van der Waals surface area contributed by atoms with Gasteiger partial charge in [-0.1, -0.05) is 15.9 Å². The number of carbonyl (C=O) groups excluding carboxylic acids is 1. The van der Waals surface area contributed by atoms with Gasteiger partial charge in [-0.15, -0.1) is 0 Å². The van der Waals surface area contributed by atoms with E-state index in [1.165, 1.54) is 18.2 Å². The third kappa shape index (κ3) is 3.95. The summed E-state index contributed by atoms with van der Waals surface area (Å²) in [6, 6.07) is 8.88. The topological polar surface area (TPSA) is 64.4 Å². The van der Waals surface area contributed by atoms with Crippen LogP contribution in [0.15, 0.2) is 40.9 Å². The lowest BCUT2D eigenvalue weighted by molar-refractivity contribution is 0.0955. The number of nitrogens with one attached hydrogen (secondary N) is 1. The maximum atomic E-state index is 13.3. The number of hydrogen-bond donors (Lipinski definition) is 2. The van der Waals surface area contributed by atoms with E-state index in [-0.39, 0.29) is 5.91 Å². The first kappa shape index (κ1) is 15.3. The lowest BCUT2D eigenvalue weighted by atomic mass is 10.1. The Hall–Kier alpha value is -2.08. The highest BCUT2D eigenvalue weighted by atomic mass is 79.9. The van der Waals surface area contributed by atoms with E-state index in [0.717, 1.165) is 0 Å². The van der Waals surface area contributed by atoms with Crippen LogP contribution in [-0.2, 0) is 0 Å². The smallest absolute Gasteiger partial charge is 0.251 e. The van der Waals surface area contributed by atoms with Crippen LogP contribution in [0.4, 0.5) is 10.1 Å². The highest BCUT2D eigenvalue weighted by molar-refractivity contribution is 9.10. The molecular formula is C15H14BrFN2O2. The van der Waals surface area contributed by atoms with E-state index in [1.807, 2.05) is 6.92 Å². The van der Waals surface area contributed by atoms with Crippen LogP contribution in [0, 0.1) is 5.82 Å². The van der Waals surface area contributed by atoms with Crippen molar-refractivity contribution in [2.45, 2.75) is 6.92 Å². The van der Waals surface area contributed by atoms with Crippen LogP contribution in [0.3, 0.4) is 0 Å². The Morgan fingerprint density at radius 3 is 2.76 bits per heavy atom. The normalized spacial score (nSPS) is 10.2.